The third-order valence-electron chi connectivity index (χ3n) is 3.77. The summed E-state index contributed by atoms with van der Waals surface area (Å²) in [6, 6.07) is 7.84. The second-order valence-corrected chi connectivity index (χ2v) is 5.50. The molecule has 1 aromatic carbocycles. The van der Waals surface area contributed by atoms with Crippen LogP contribution in [0, 0.1) is 0 Å². The molecule has 1 aliphatic heterocycles. The Kier molecular flexibility index (Phi) is 3.84. The van der Waals surface area contributed by atoms with Crippen molar-refractivity contribution in [1.82, 2.24) is 9.55 Å². The zero-order valence-electron chi connectivity index (χ0n) is 11.9. The Morgan fingerprint density at radius 2 is 1.76 bits per heavy atom. The summed E-state index contributed by atoms with van der Waals surface area (Å²) in [5.74, 6) is 0.527. The second kappa shape index (κ2) is 5.77. The first-order chi connectivity index (χ1) is 10.2. The Labute approximate surface area is 128 Å². The lowest BCUT2D eigenvalue weighted by molar-refractivity contribution is 0.639. The summed E-state index contributed by atoms with van der Waals surface area (Å²) >= 11 is 6.24. The van der Waals surface area contributed by atoms with Crippen LogP contribution >= 0.6 is 11.6 Å². The Morgan fingerprint density at radius 1 is 1.10 bits per heavy atom. The first-order valence-electron chi connectivity index (χ1n) is 6.93. The average molecular weight is 305 g/mol. The summed E-state index contributed by atoms with van der Waals surface area (Å²) in [7, 11) is 1.74. The van der Waals surface area contributed by atoms with E-state index in [-0.39, 0.29) is 5.56 Å². The molecule has 0 saturated carbocycles. The van der Waals surface area contributed by atoms with E-state index in [2.05, 4.69) is 9.88 Å². The van der Waals surface area contributed by atoms with E-state index in [1.807, 2.05) is 29.2 Å². The molecule has 6 heteroatoms. The predicted molar refractivity (Wildman–Crippen MR) is 85.4 cm³/mol. The molecule has 5 nitrogen and oxygen atoms in total. The fourth-order valence-corrected chi connectivity index (χ4v) is 2.82. The van der Waals surface area contributed by atoms with E-state index in [0.717, 1.165) is 36.9 Å². The first-order valence-corrected chi connectivity index (χ1v) is 7.30. The molecule has 1 fully saturated rings. The Hall–Kier alpha value is -2.01. The number of benzene rings is 1. The molecule has 0 unspecified atom stereocenters. The van der Waals surface area contributed by atoms with Crippen molar-refractivity contribution in [1.29, 1.82) is 0 Å². The van der Waals surface area contributed by atoms with Gasteiger partial charge in [-0.05, 0) is 12.1 Å². The van der Waals surface area contributed by atoms with Gasteiger partial charge < -0.3 is 14.4 Å². The van der Waals surface area contributed by atoms with Crippen LogP contribution in [-0.4, -0.2) is 35.7 Å². The van der Waals surface area contributed by atoms with Crippen molar-refractivity contribution >= 4 is 23.1 Å². The van der Waals surface area contributed by atoms with Crippen LogP contribution in [0.4, 0.5) is 11.5 Å². The SMILES string of the molecule is Cn1ccnc(N2CCN(c3ccccc3Cl)CC2)c1=O. The van der Waals surface area contributed by atoms with Crippen LogP contribution < -0.4 is 15.4 Å². The fourth-order valence-electron chi connectivity index (χ4n) is 2.57. The van der Waals surface area contributed by atoms with Crippen molar-refractivity contribution in [3.8, 4) is 0 Å². The van der Waals surface area contributed by atoms with Crippen LogP contribution in [0.25, 0.3) is 0 Å². The van der Waals surface area contributed by atoms with Gasteiger partial charge in [0.15, 0.2) is 5.82 Å². The average Bonchev–Trinajstić information content (AvgIpc) is 2.51. The number of para-hydroxylation sites is 1. The van der Waals surface area contributed by atoms with Crippen molar-refractivity contribution in [3.05, 3.63) is 52.0 Å². The molecule has 0 N–H and O–H groups in total. The van der Waals surface area contributed by atoms with Gasteiger partial charge in [-0.3, -0.25) is 4.79 Å². The fraction of sp³-hybridized carbons (Fsp3) is 0.333. The molecule has 21 heavy (non-hydrogen) atoms. The summed E-state index contributed by atoms with van der Waals surface area (Å²) in [6.45, 7) is 3.17. The van der Waals surface area contributed by atoms with E-state index in [0.29, 0.717) is 5.82 Å². The maximum Gasteiger partial charge on any atom is 0.293 e. The molecule has 0 radical (unpaired) electrons. The number of nitrogens with zero attached hydrogens (tertiary/aromatic N) is 4. The molecule has 1 aromatic heterocycles. The molecule has 110 valence electrons. The van der Waals surface area contributed by atoms with Crippen molar-refractivity contribution in [2.24, 2.45) is 7.05 Å². The molecular weight excluding hydrogens is 288 g/mol. The van der Waals surface area contributed by atoms with Gasteiger partial charge in [0.05, 0.1) is 10.7 Å². The van der Waals surface area contributed by atoms with Gasteiger partial charge in [0.2, 0.25) is 0 Å². The van der Waals surface area contributed by atoms with Crippen molar-refractivity contribution in [3.63, 3.8) is 0 Å². The molecule has 0 amide bonds. The molecule has 1 aliphatic rings. The third-order valence-corrected chi connectivity index (χ3v) is 4.09. The predicted octanol–water partition coefficient (Wildman–Crippen LogP) is 1.76. The minimum Gasteiger partial charge on any atom is -0.367 e. The molecule has 1 saturated heterocycles. The zero-order chi connectivity index (χ0) is 14.8. The Morgan fingerprint density at radius 3 is 2.48 bits per heavy atom. The first kappa shape index (κ1) is 13.9. The standard InChI is InChI=1S/C15H17ClN4O/c1-18-7-6-17-14(15(18)21)20-10-8-19(9-11-20)13-5-3-2-4-12(13)16/h2-7H,8-11H2,1H3. The Balaban J connectivity index is 1.75. The van der Waals surface area contributed by atoms with Gasteiger partial charge in [-0.25, -0.2) is 4.98 Å². The smallest absolute Gasteiger partial charge is 0.293 e. The lowest BCUT2D eigenvalue weighted by Gasteiger charge is -2.36. The topological polar surface area (TPSA) is 41.4 Å². The molecule has 2 heterocycles. The third kappa shape index (κ3) is 2.74. The van der Waals surface area contributed by atoms with Gasteiger partial charge in [-0.2, -0.15) is 0 Å². The number of hydrogen-bond acceptors (Lipinski definition) is 4. The van der Waals surface area contributed by atoms with Gasteiger partial charge in [-0.15, -0.1) is 0 Å². The number of hydrogen-bond donors (Lipinski definition) is 0. The number of rotatable bonds is 2. The molecule has 0 bridgehead atoms. The highest BCUT2D eigenvalue weighted by Crippen LogP contribution is 2.26. The van der Waals surface area contributed by atoms with E-state index in [9.17, 15) is 4.79 Å². The molecule has 0 spiro atoms. The quantitative estimate of drug-likeness (QED) is 0.848. The van der Waals surface area contributed by atoms with Crippen molar-refractivity contribution in [2.45, 2.75) is 0 Å². The zero-order valence-corrected chi connectivity index (χ0v) is 12.6. The van der Waals surface area contributed by atoms with E-state index in [1.165, 1.54) is 0 Å². The van der Waals surface area contributed by atoms with Crippen LogP contribution in [0.3, 0.4) is 0 Å². The highest BCUT2D eigenvalue weighted by Gasteiger charge is 2.21. The number of halogens is 1. The molecule has 0 aliphatic carbocycles. The van der Waals surface area contributed by atoms with E-state index in [1.54, 1.807) is 24.0 Å². The van der Waals surface area contributed by atoms with Crippen LogP contribution in [-0.2, 0) is 7.05 Å². The molecule has 2 aromatic rings. The number of aryl methyl sites for hydroxylation is 1. The van der Waals surface area contributed by atoms with E-state index >= 15 is 0 Å². The number of piperazine rings is 1. The van der Waals surface area contributed by atoms with Gasteiger partial charge in [0.1, 0.15) is 0 Å². The summed E-state index contributed by atoms with van der Waals surface area (Å²) in [5.41, 5.74) is 0.997. The van der Waals surface area contributed by atoms with Gasteiger partial charge >= 0.3 is 0 Å². The largest absolute Gasteiger partial charge is 0.367 e. The highest BCUT2D eigenvalue weighted by atomic mass is 35.5. The van der Waals surface area contributed by atoms with E-state index in [4.69, 9.17) is 11.6 Å². The van der Waals surface area contributed by atoms with Gasteiger partial charge in [-0.1, -0.05) is 23.7 Å². The number of aromatic nitrogens is 2. The second-order valence-electron chi connectivity index (χ2n) is 5.09. The maximum absolute atomic E-state index is 12.1. The summed E-state index contributed by atoms with van der Waals surface area (Å²) < 4.78 is 1.56. The van der Waals surface area contributed by atoms with E-state index < -0.39 is 0 Å². The van der Waals surface area contributed by atoms with Gasteiger partial charge in [0, 0.05) is 45.6 Å². The monoisotopic (exact) mass is 304 g/mol. The normalized spacial score (nSPS) is 15.3. The van der Waals surface area contributed by atoms with Crippen LogP contribution in [0.1, 0.15) is 0 Å². The van der Waals surface area contributed by atoms with Crippen LogP contribution in [0.2, 0.25) is 5.02 Å². The lowest BCUT2D eigenvalue weighted by atomic mass is 10.2. The molecule has 0 atom stereocenters. The Bertz CT molecular complexity index is 692. The summed E-state index contributed by atoms with van der Waals surface area (Å²) in [6.07, 6.45) is 3.34. The lowest BCUT2D eigenvalue weighted by Crippen LogP contribution is -2.48. The maximum atomic E-state index is 12.1. The summed E-state index contributed by atoms with van der Waals surface area (Å²) in [5, 5.41) is 0.764. The number of anilines is 2. The summed E-state index contributed by atoms with van der Waals surface area (Å²) in [4.78, 5) is 20.6. The van der Waals surface area contributed by atoms with Gasteiger partial charge in [0.25, 0.3) is 5.56 Å². The van der Waals surface area contributed by atoms with Crippen LogP contribution in [0.15, 0.2) is 41.5 Å². The minimum absolute atomic E-state index is 0.0521. The minimum atomic E-state index is -0.0521. The van der Waals surface area contributed by atoms with Crippen LogP contribution in [0.5, 0.6) is 0 Å². The molecular formula is C15H17ClN4O. The molecule has 3 rings (SSSR count). The van der Waals surface area contributed by atoms with Crippen molar-refractivity contribution in [2.75, 3.05) is 36.0 Å². The highest BCUT2D eigenvalue weighted by molar-refractivity contribution is 6.33. The van der Waals surface area contributed by atoms with Crippen molar-refractivity contribution < 1.29 is 0 Å².